The van der Waals surface area contributed by atoms with Gasteiger partial charge in [-0.25, -0.2) is 0 Å². The van der Waals surface area contributed by atoms with E-state index in [2.05, 4.69) is 15.5 Å². The van der Waals surface area contributed by atoms with Gasteiger partial charge in [0.1, 0.15) is 5.75 Å². The molecule has 3 rings (SSSR count). The predicted octanol–water partition coefficient (Wildman–Crippen LogP) is 3.37. The van der Waals surface area contributed by atoms with Crippen molar-refractivity contribution in [3.05, 3.63) is 60.0 Å². The van der Waals surface area contributed by atoms with Gasteiger partial charge in [0.15, 0.2) is 6.61 Å². The van der Waals surface area contributed by atoms with E-state index >= 15 is 0 Å². The Morgan fingerprint density at radius 3 is 2.58 bits per heavy atom. The second kappa shape index (κ2) is 6.95. The molecule has 0 bridgehead atoms. The van der Waals surface area contributed by atoms with Gasteiger partial charge in [-0.15, -0.1) is 10.2 Å². The largest absolute Gasteiger partial charge is 0.484 e. The zero-order valence-electron chi connectivity index (χ0n) is 13.4. The lowest BCUT2D eigenvalue weighted by Gasteiger charge is -2.09. The standard InChI is InChI=1S/C18H17N3O3/c1-12-3-6-15(9-13(12)2)20-17(22)10-23-16-7-4-14(5-8-16)18-21-19-11-24-18/h3-9,11H,10H2,1-2H3,(H,20,22). The van der Waals surface area contributed by atoms with Crippen molar-refractivity contribution >= 4 is 11.6 Å². The van der Waals surface area contributed by atoms with Gasteiger partial charge >= 0.3 is 0 Å². The molecule has 0 saturated heterocycles. The molecular formula is C18H17N3O3. The van der Waals surface area contributed by atoms with Gasteiger partial charge in [0.25, 0.3) is 5.91 Å². The summed E-state index contributed by atoms with van der Waals surface area (Å²) < 4.78 is 10.6. The molecule has 1 amide bonds. The van der Waals surface area contributed by atoms with Gasteiger partial charge in [0, 0.05) is 11.3 Å². The summed E-state index contributed by atoms with van der Waals surface area (Å²) in [4.78, 5) is 12.0. The van der Waals surface area contributed by atoms with Crippen molar-refractivity contribution in [2.24, 2.45) is 0 Å². The van der Waals surface area contributed by atoms with E-state index in [0.717, 1.165) is 16.8 Å². The number of aryl methyl sites for hydroxylation is 2. The molecule has 1 N–H and O–H groups in total. The molecule has 0 radical (unpaired) electrons. The first-order valence-corrected chi connectivity index (χ1v) is 7.48. The number of nitrogens with zero attached hydrogens (tertiary/aromatic N) is 2. The summed E-state index contributed by atoms with van der Waals surface area (Å²) in [7, 11) is 0. The van der Waals surface area contributed by atoms with E-state index in [4.69, 9.17) is 9.15 Å². The highest BCUT2D eigenvalue weighted by Crippen LogP contribution is 2.20. The van der Waals surface area contributed by atoms with E-state index in [1.165, 1.54) is 12.0 Å². The number of hydrogen-bond acceptors (Lipinski definition) is 5. The molecule has 0 aliphatic heterocycles. The van der Waals surface area contributed by atoms with Crippen molar-refractivity contribution in [1.29, 1.82) is 0 Å². The second-order valence-corrected chi connectivity index (χ2v) is 5.40. The van der Waals surface area contributed by atoms with E-state index in [1.54, 1.807) is 24.3 Å². The molecule has 3 aromatic rings. The third-order valence-corrected chi connectivity index (χ3v) is 3.62. The average molecular weight is 323 g/mol. The Bertz CT molecular complexity index is 827. The number of aromatic nitrogens is 2. The minimum absolute atomic E-state index is 0.0627. The van der Waals surface area contributed by atoms with Crippen LogP contribution < -0.4 is 10.1 Å². The smallest absolute Gasteiger partial charge is 0.262 e. The molecule has 0 saturated carbocycles. The molecular weight excluding hydrogens is 306 g/mol. The summed E-state index contributed by atoms with van der Waals surface area (Å²) in [5.41, 5.74) is 3.87. The topological polar surface area (TPSA) is 77.2 Å². The highest BCUT2D eigenvalue weighted by Gasteiger charge is 2.06. The van der Waals surface area contributed by atoms with Crippen LogP contribution in [0.1, 0.15) is 11.1 Å². The Morgan fingerprint density at radius 1 is 1.12 bits per heavy atom. The molecule has 0 unspecified atom stereocenters. The maximum atomic E-state index is 12.0. The Balaban J connectivity index is 1.55. The third-order valence-electron chi connectivity index (χ3n) is 3.62. The normalized spacial score (nSPS) is 10.4. The van der Waals surface area contributed by atoms with Gasteiger partial charge in [-0.05, 0) is 61.4 Å². The van der Waals surface area contributed by atoms with Crippen LogP contribution in [0.15, 0.2) is 53.3 Å². The molecule has 1 aromatic heterocycles. The van der Waals surface area contributed by atoms with E-state index in [9.17, 15) is 4.79 Å². The van der Waals surface area contributed by atoms with Crippen molar-refractivity contribution in [3.8, 4) is 17.2 Å². The lowest BCUT2D eigenvalue weighted by molar-refractivity contribution is -0.118. The summed E-state index contributed by atoms with van der Waals surface area (Å²) in [5, 5.41) is 10.3. The predicted molar refractivity (Wildman–Crippen MR) is 89.8 cm³/mol. The number of benzene rings is 2. The first-order chi connectivity index (χ1) is 11.6. The summed E-state index contributed by atoms with van der Waals surface area (Å²) in [5.74, 6) is 0.821. The molecule has 24 heavy (non-hydrogen) atoms. The molecule has 6 heteroatoms. The van der Waals surface area contributed by atoms with Crippen molar-refractivity contribution in [2.45, 2.75) is 13.8 Å². The van der Waals surface area contributed by atoms with Gasteiger partial charge in [0.05, 0.1) is 0 Å². The summed E-state index contributed by atoms with van der Waals surface area (Å²) in [6, 6.07) is 12.9. The number of ether oxygens (including phenoxy) is 1. The molecule has 2 aromatic carbocycles. The Kier molecular flexibility index (Phi) is 4.56. The fourth-order valence-electron chi connectivity index (χ4n) is 2.16. The van der Waals surface area contributed by atoms with Gasteiger partial charge in [-0.2, -0.15) is 0 Å². The fraction of sp³-hybridized carbons (Fsp3) is 0.167. The number of anilines is 1. The molecule has 0 fully saturated rings. The van der Waals surface area contributed by atoms with Gasteiger partial charge in [-0.3, -0.25) is 4.79 Å². The monoisotopic (exact) mass is 323 g/mol. The highest BCUT2D eigenvalue weighted by molar-refractivity contribution is 5.92. The molecule has 0 aliphatic carbocycles. The Labute approximate surface area is 139 Å². The van der Waals surface area contributed by atoms with Gasteiger partial charge < -0.3 is 14.5 Å². The number of rotatable bonds is 5. The SMILES string of the molecule is Cc1ccc(NC(=O)COc2ccc(-c3nnco3)cc2)cc1C. The van der Waals surface area contributed by atoms with E-state index in [1.807, 2.05) is 32.0 Å². The summed E-state index contributed by atoms with van der Waals surface area (Å²) in [6.07, 6.45) is 1.27. The number of nitrogens with one attached hydrogen (secondary N) is 1. The molecule has 1 heterocycles. The minimum atomic E-state index is -0.209. The minimum Gasteiger partial charge on any atom is -0.484 e. The maximum absolute atomic E-state index is 12.0. The molecule has 0 atom stereocenters. The van der Waals surface area contributed by atoms with Crippen LogP contribution in [0, 0.1) is 13.8 Å². The van der Waals surface area contributed by atoms with Crippen LogP contribution in [0.5, 0.6) is 5.75 Å². The van der Waals surface area contributed by atoms with Crippen LogP contribution in [0.25, 0.3) is 11.5 Å². The third kappa shape index (κ3) is 3.78. The van der Waals surface area contributed by atoms with Gasteiger partial charge in [-0.1, -0.05) is 6.07 Å². The Morgan fingerprint density at radius 2 is 1.92 bits per heavy atom. The van der Waals surface area contributed by atoms with Crippen LogP contribution in [-0.4, -0.2) is 22.7 Å². The zero-order chi connectivity index (χ0) is 16.9. The van der Waals surface area contributed by atoms with Crippen molar-refractivity contribution in [2.75, 3.05) is 11.9 Å². The van der Waals surface area contributed by atoms with Crippen molar-refractivity contribution in [3.63, 3.8) is 0 Å². The van der Waals surface area contributed by atoms with Crippen LogP contribution in [-0.2, 0) is 4.79 Å². The lowest BCUT2D eigenvalue weighted by atomic mass is 10.1. The number of hydrogen-bond donors (Lipinski definition) is 1. The number of carbonyl (C=O) groups excluding carboxylic acids is 1. The van der Waals surface area contributed by atoms with Crippen LogP contribution in [0.2, 0.25) is 0 Å². The van der Waals surface area contributed by atoms with E-state index in [0.29, 0.717) is 11.6 Å². The summed E-state index contributed by atoms with van der Waals surface area (Å²) in [6.45, 7) is 3.97. The lowest BCUT2D eigenvalue weighted by Crippen LogP contribution is -2.20. The van der Waals surface area contributed by atoms with Gasteiger partial charge in [0.2, 0.25) is 12.3 Å². The fourth-order valence-corrected chi connectivity index (χ4v) is 2.16. The zero-order valence-corrected chi connectivity index (χ0v) is 13.4. The van der Waals surface area contributed by atoms with Crippen molar-refractivity contribution in [1.82, 2.24) is 10.2 Å². The first-order valence-electron chi connectivity index (χ1n) is 7.48. The average Bonchev–Trinajstić information content (AvgIpc) is 3.11. The maximum Gasteiger partial charge on any atom is 0.262 e. The van der Waals surface area contributed by atoms with E-state index in [-0.39, 0.29) is 12.5 Å². The van der Waals surface area contributed by atoms with Crippen LogP contribution in [0.3, 0.4) is 0 Å². The number of carbonyl (C=O) groups is 1. The molecule has 6 nitrogen and oxygen atoms in total. The Hall–Kier alpha value is -3.15. The number of amides is 1. The molecule has 122 valence electrons. The molecule has 0 aliphatic rings. The van der Waals surface area contributed by atoms with E-state index < -0.39 is 0 Å². The highest BCUT2D eigenvalue weighted by atomic mass is 16.5. The molecule has 0 spiro atoms. The quantitative estimate of drug-likeness (QED) is 0.779. The second-order valence-electron chi connectivity index (χ2n) is 5.40. The first kappa shape index (κ1) is 15.7. The van der Waals surface area contributed by atoms with Crippen LogP contribution >= 0.6 is 0 Å². The van der Waals surface area contributed by atoms with Crippen molar-refractivity contribution < 1.29 is 13.9 Å². The van der Waals surface area contributed by atoms with Crippen LogP contribution in [0.4, 0.5) is 5.69 Å². The summed E-state index contributed by atoms with van der Waals surface area (Å²) >= 11 is 0.